The molecule has 1 saturated heterocycles. The second kappa shape index (κ2) is 5.38. The van der Waals surface area contributed by atoms with E-state index in [2.05, 4.69) is 5.32 Å². The van der Waals surface area contributed by atoms with E-state index < -0.39 is 0 Å². The molecule has 96 valence electrons. The molecule has 0 aromatic heterocycles. The van der Waals surface area contributed by atoms with Gasteiger partial charge in [-0.05, 0) is 32.6 Å². The van der Waals surface area contributed by atoms with E-state index in [1.165, 1.54) is 0 Å². The van der Waals surface area contributed by atoms with Crippen LogP contribution in [0, 0.1) is 5.92 Å². The van der Waals surface area contributed by atoms with Crippen LogP contribution in [-0.2, 0) is 9.53 Å². The number of rotatable bonds is 3. The molecule has 2 aliphatic rings. The van der Waals surface area contributed by atoms with Crippen LogP contribution in [0.4, 0.5) is 4.79 Å². The van der Waals surface area contributed by atoms with Crippen molar-refractivity contribution in [3.63, 3.8) is 0 Å². The second-order valence-corrected chi connectivity index (χ2v) is 4.76. The van der Waals surface area contributed by atoms with Crippen molar-refractivity contribution in [2.75, 3.05) is 19.7 Å². The number of ether oxygens (including phenoxy) is 1. The minimum Gasteiger partial charge on any atom is -0.466 e. The van der Waals surface area contributed by atoms with Crippen molar-refractivity contribution in [1.82, 2.24) is 10.2 Å². The lowest BCUT2D eigenvalue weighted by atomic mass is 9.98. The number of nitrogens with zero attached hydrogens (tertiary/aromatic N) is 1. The Labute approximate surface area is 101 Å². The first-order valence-electron chi connectivity index (χ1n) is 6.42. The summed E-state index contributed by atoms with van der Waals surface area (Å²) in [6.45, 7) is 3.45. The number of hydrogen-bond acceptors (Lipinski definition) is 3. The fourth-order valence-electron chi connectivity index (χ4n) is 2.11. The molecule has 0 aromatic carbocycles. The van der Waals surface area contributed by atoms with Crippen LogP contribution in [0.3, 0.4) is 0 Å². The van der Waals surface area contributed by atoms with Crippen LogP contribution in [0.25, 0.3) is 0 Å². The molecule has 1 unspecified atom stereocenters. The molecule has 0 bridgehead atoms. The maximum Gasteiger partial charge on any atom is 0.317 e. The summed E-state index contributed by atoms with van der Waals surface area (Å²) in [7, 11) is 0. The number of likely N-dealkylation sites (tertiary alicyclic amines) is 1. The van der Waals surface area contributed by atoms with Gasteiger partial charge in [-0.15, -0.1) is 0 Å². The molecule has 1 N–H and O–H groups in total. The van der Waals surface area contributed by atoms with E-state index in [9.17, 15) is 9.59 Å². The molecule has 1 atom stereocenters. The van der Waals surface area contributed by atoms with Gasteiger partial charge in [-0.2, -0.15) is 0 Å². The Balaban J connectivity index is 1.82. The molecule has 1 heterocycles. The van der Waals surface area contributed by atoms with Gasteiger partial charge in [0.15, 0.2) is 0 Å². The number of piperidine rings is 1. The Morgan fingerprint density at radius 2 is 2.12 bits per heavy atom. The first-order valence-corrected chi connectivity index (χ1v) is 6.42. The molecule has 2 fully saturated rings. The Morgan fingerprint density at radius 3 is 2.76 bits per heavy atom. The molecule has 5 nitrogen and oxygen atoms in total. The van der Waals surface area contributed by atoms with Crippen LogP contribution < -0.4 is 5.32 Å². The summed E-state index contributed by atoms with van der Waals surface area (Å²) in [5.74, 6) is -0.315. The Morgan fingerprint density at radius 1 is 1.35 bits per heavy atom. The Kier molecular flexibility index (Phi) is 3.86. The minimum atomic E-state index is -0.170. The number of hydrogen-bond donors (Lipinski definition) is 1. The molecule has 17 heavy (non-hydrogen) atoms. The summed E-state index contributed by atoms with van der Waals surface area (Å²) in [6.07, 6.45) is 3.87. The predicted octanol–water partition coefficient (Wildman–Crippen LogP) is 1.13. The van der Waals surface area contributed by atoms with Crippen LogP contribution in [0.1, 0.15) is 32.6 Å². The highest BCUT2D eigenvalue weighted by atomic mass is 16.5. The Bertz CT molecular complexity index is 302. The van der Waals surface area contributed by atoms with Gasteiger partial charge >= 0.3 is 12.0 Å². The van der Waals surface area contributed by atoms with Gasteiger partial charge in [0.05, 0.1) is 12.5 Å². The first kappa shape index (κ1) is 12.2. The molecular formula is C12H20N2O3. The van der Waals surface area contributed by atoms with Crippen LogP contribution in [-0.4, -0.2) is 42.6 Å². The fraction of sp³-hybridized carbons (Fsp3) is 0.833. The molecule has 1 aliphatic carbocycles. The lowest BCUT2D eigenvalue weighted by Crippen LogP contribution is -2.47. The minimum absolute atomic E-state index is 0.0264. The number of esters is 1. The van der Waals surface area contributed by atoms with Crippen LogP contribution >= 0.6 is 0 Å². The first-order chi connectivity index (χ1) is 8.20. The van der Waals surface area contributed by atoms with Gasteiger partial charge in [0.2, 0.25) is 0 Å². The maximum absolute atomic E-state index is 11.8. The number of carbonyl (C=O) groups is 2. The van der Waals surface area contributed by atoms with E-state index in [0.717, 1.165) is 32.2 Å². The number of carbonyl (C=O) groups excluding carboxylic acids is 2. The summed E-state index contributed by atoms with van der Waals surface area (Å²) in [5, 5.41) is 2.95. The summed E-state index contributed by atoms with van der Waals surface area (Å²) in [6, 6.07) is 0.340. The SMILES string of the molecule is CCOC(=O)C1CCCN(C(=O)NC2CC2)C1. The van der Waals surface area contributed by atoms with E-state index in [1.54, 1.807) is 11.8 Å². The molecule has 1 aliphatic heterocycles. The fourth-order valence-corrected chi connectivity index (χ4v) is 2.11. The molecule has 0 radical (unpaired) electrons. The zero-order valence-corrected chi connectivity index (χ0v) is 10.3. The number of nitrogens with one attached hydrogen (secondary N) is 1. The van der Waals surface area contributed by atoms with E-state index in [0.29, 0.717) is 19.2 Å². The molecule has 5 heteroatoms. The van der Waals surface area contributed by atoms with Gasteiger partial charge in [-0.3, -0.25) is 4.79 Å². The second-order valence-electron chi connectivity index (χ2n) is 4.76. The topological polar surface area (TPSA) is 58.6 Å². The smallest absolute Gasteiger partial charge is 0.317 e. The van der Waals surface area contributed by atoms with Crippen molar-refractivity contribution in [3.05, 3.63) is 0 Å². The molecular weight excluding hydrogens is 220 g/mol. The average molecular weight is 240 g/mol. The highest BCUT2D eigenvalue weighted by Gasteiger charge is 2.31. The third-order valence-corrected chi connectivity index (χ3v) is 3.23. The predicted molar refractivity (Wildman–Crippen MR) is 62.5 cm³/mol. The van der Waals surface area contributed by atoms with E-state index in [1.807, 2.05) is 0 Å². The molecule has 2 rings (SSSR count). The third kappa shape index (κ3) is 3.35. The van der Waals surface area contributed by atoms with Gasteiger partial charge in [0, 0.05) is 19.1 Å². The zero-order valence-electron chi connectivity index (χ0n) is 10.3. The lowest BCUT2D eigenvalue weighted by Gasteiger charge is -2.31. The van der Waals surface area contributed by atoms with E-state index in [4.69, 9.17) is 4.74 Å². The quantitative estimate of drug-likeness (QED) is 0.752. The van der Waals surface area contributed by atoms with Crippen molar-refractivity contribution in [3.8, 4) is 0 Å². The van der Waals surface area contributed by atoms with Crippen molar-refractivity contribution < 1.29 is 14.3 Å². The number of urea groups is 1. The van der Waals surface area contributed by atoms with Crippen LogP contribution in [0.2, 0.25) is 0 Å². The molecule has 0 aromatic rings. The maximum atomic E-state index is 11.8. The summed E-state index contributed by atoms with van der Waals surface area (Å²) < 4.78 is 5.01. The largest absolute Gasteiger partial charge is 0.466 e. The number of amides is 2. The molecule has 1 saturated carbocycles. The van der Waals surface area contributed by atoms with Gasteiger partial charge in [-0.25, -0.2) is 4.79 Å². The van der Waals surface area contributed by atoms with Crippen molar-refractivity contribution in [2.24, 2.45) is 5.92 Å². The average Bonchev–Trinajstić information content (AvgIpc) is 3.13. The lowest BCUT2D eigenvalue weighted by molar-refractivity contribution is -0.149. The van der Waals surface area contributed by atoms with E-state index in [-0.39, 0.29) is 17.9 Å². The van der Waals surface area contributed by atoms with Crippen molar-refractivity contribution >= 4 is 12.0 Å². The summed E-state index contributed by atoms with van der Waals surface area (Å²) >= 11 is 0. The van der Waals surface area contributed by atoms with Gasteiger partial charge < -0.3 is 15.0 Å². The zero-order chi connectivity index (χ0) is 12.3. The van der Waals surface area contributed by atoms with Crippen molar-refractivity contribution in [1.29, 1.82) is 0 Å². The third-order valence-electron chi connectivity index (χ3n) is 3.23. The van der Waals surface area contributed by atoms with Crippen LogP contribution in [0.5, 0.6) is 0 Å². The van der Waals surface area contributed by atoms with Gasteiger partial charge in [0.1, 0.15) is 0 Å². The summed E-state index contributed by atoms with van der Waals surface area (Å²) in [5.41, 5.74) is 0. The molecule has 2 amide bonds. The Hall–Kier alpha value is -1.26. The van der Waals surface area contributed by atoms with Crippen LogP contribution in [0.15, 0.2) is 0 Å². The normalized spacial score (nSPS) is 24.3. The van der Waals surface area contributed by atoms with E-state index >= 15 is 0 Å². The summed E-state index contributed by atoms with van der Waals surface area (Å²) in [4.78, 5) is 25.2. The molecule has 0 spiro atoms. The standard InChI is InChI=1S/C12H20N2O3/c1-2-17-11(15)9-4-3-7-14(8-9)12(16)13-10-5-6-10/h9-10H,2-8H2,1H3,(H,13,16). The van der Waals surface area contributed by atoms with Gasteiger partial charge in [0.25, 0.3) is 0 Å². The van der Waals surface area contributed by atoms with Crippen molar-refractivity contribution in [2.45, 2.75) is 38.6 Å². The highest BCUT2D eigenvalue weighted by Crippen LogP contribution is 2.21. The highest BCUT2D eigenvalue weighted by molar-refractivity contribution is 5.77. The monoisotopic (exact) mass is 240 g/mol. The van der Waals surface area contributed by atoms with Gasteiger partial charge in [-0.1, -0.05) is 0 Å².